The maximum Gasteiger partial charge on any atom is 4.00 e. The molecule has 0 bridgehead atoms. The first-order chi connectivity index (χ1) is 12.7. The first kappa shape index (κ1) is 36.3. The number of aldehydes is 4. The zero-order valence-corrected chi connectivity index (χ0v) is 17.0. The third-order valence-corrected chi connectivity index (χ3v) is 1.62. The molecule has 12 nitrogen and oxygen atoms in total. The summed E-state index contributed by atoms with van der Waals surface area (Å²) in [5.41, 5.74) is -2.11. The average Bonchev–Trinajstić information content (AvgIpc) is 2.66. The van der Waals surface area contributed by atoms with E-state index < -0.39 is 46.2 Å². The fourth-order valence-corrected chi connectivity index (χ4v) is 0.192. The van der Waals surface area contributed by atoms with E-state index in [-0.39, 0.29) is 51.3 Å². The maximum absolute atomic E-state index is 9.49. The van der Waals surface area contributed by atoms with Crippen molar-refractivity contribution in [3.05, 3.63) is 48.6 Å². The van der Waals surface area contributed by atoms with Gasteiger partial charge in [0.1, 0.15) is 0 Å². The van der Waals surface area contributed by atoms with E-state index in [0.29, 0.717) is 0 Å². The summed E-state index contributed by atoms with van der Waals surface area (Å²) in [6.07, 6.45) is 0.537. The van der Waals surface area contributed by atoms with Gasteiger partial charge in [0.05, 0.1) is 23.9 Å². The normalized spacial score (nSPS) is 7.17. The van der Waals surface area contributed by atoms with Crippen LogP contribution in [-0.2, 0) is 64.6 Å². The predicted molar refractivity (Wildman–Crippen MR) is 80.8 cm³/mol. The summed E-state index contributed by atoms with van der Waals surface area (Å²) < 4.78 is 0. The minimum absolute atomic E-state index is 0. The van der Waals surface area contributed by atoms with Crippen LogP contribution >= 0.6 is 0 Å². The predicted octanol–water partition coefficient (Wildman–Crippen LogP) is -6.04. The summed E-state index contributed by atoms with van der Waals surface area (Å²) in [6.45, 7) is 11.4. The Hall–Kier alpha value is -3.60. The van der Waals surface area contributed by atoms with E-state index in [1.54, 1.807) is 0 Å². The van der Waals surface area contributed by atoms with E-state index in [4.69, 9.17) is 0 Å². The van der Waals surface area contributed by atoms with Gasteiger partial charge in [0.25, 0.3) is 0 Å². The van der Waals surface area contributed by atoms with Crippen LogP contribution in [0.15, 0.2) is 48.6 Å². The Morgan fingerprint density at radius 2 is 0.552 bits per heavy atom. The zero-order valence-electron chi connectivity index (χ0n) is 14.5. The second-order valence-electron chi connectivity index (χ2n) is 3.72. The summed E-state index contributed by atoms with van der Waals surface area (Å²) in [5, 5.41) is 38.0. The van der Waals surface area contributed by atoms with Gasteiger partial charge in [-0.2, -0.15) is 0 Å². The number of hydrogen-bond donors (Lipinski definition) is 0. The monoisotopic (exact) mass is 486 g/mol. The van der Waals surface area contributed by atoms with Gasteiger partial charge in [0, 0.05) is 22.3 Å². The maximum atomic E-state index is 9.49. The number of aliphatic carboxylic acids is 4. The Morgan fingerprint density at radius 3 is 0.552 bits per heavy atom. The van der Waals surface area contributed by atoms with Crippen molar-refractivity contribution in [2.75, 3.05) is 0 Å². The van der Waals surface area contributed by atoms with Gasteiger partial charge in [-0.15, -0.1) is 0 Å². The van der Waals surface area contributed by atoms with E-state index in [9.17, 15) is 58.8 Å². The Labute approximate surface area is 182 Å². The van der Waals surface area contributed by atoms with Gasteiger partial charge >= 0.3 is 26.2 Å². The molecule has 0 radical (unpaired) electrons. The van der Waals surface area contributed by atoms with E-state index in [1.165, 1.54) is 0 Å². The summed E-state index contributed by atoms with van der Waals surface area (Å²) >= 11 is 0. The quantitative estimate of drug-likeness (QED) is 0.135. The van der Waals surface area contributed by atoms with E-state index in [0.717, 1.165) is 0 Å². The van der Waals surface area contributed by atoms with E-state index in [1.807, 2.05) is 0 Å². The van der Waals surface area contributed by atoms with Crippen molar-refractivity contribution in [2.24, 2.45) is 0 Å². The first-order valence-corrected chi connectivity index (χ1v) is 6.14. The topological polar surface area (TPSA) is 229 Å². The molecule has 0 aromatic carbocycles. The third-order valence-electron chi connectivity index (χ3n) is 1.62. The number of carbonyl (C=O) groups excluding carboxylic acids is 8. The number of carbonyl (C=O) groups is 8. The van der Waals surface area contributed by atoms with Gasteiger partial charge in [-0.25, -0.2) is 0 Å². The summed E-state index contributed by atoms with van der Waals surface area (Å²) in [7, 11) is 0. The van der Waals surface area contributed by atoms with Crippen molar-refractivity contribution in [1.82, 2.24) is 0 Å². The van der Waals surface area contributed by atoms with Crippen LogP contribution in [0.5, 0.6) is 0 Å². The Balaban J connectivity index is -0.0000000873. The van der Waals surface area contributed by atoms with Crippen LogP contribution in [0.4, 0.5) is 0 Å². The van der Waals surface area contributed by atoms with E-state index >= 15 is 0 Å². The largest absolute Gasteiger partial charge is 4.00 e. The first-order valence-electron chi connectivity index (χ1n) is 6.14. The smallest absolute Gasteiger partial charge is 0.545 e. The van der Waals surface area contributed by atoms with Crippen LogP contribution in [0.25, 0.3) is 0 Å². The van der Waals surface area contributed by atoms with Crippen LogP contribution in [0.1, 0.15) is 0 Å². The van der Waals surface area contributed by atoms with Gasteiger partial charge in [0.15, 0.2) is 25.1 Å². The third kappa shape index (κ3) is 29.4. The molecule has 0 saturated carbocycles. The van der Waals surface area contributed by atoms with Crippen molar-refractivity contribution in [3.63, 3.8) is 0 Å². The van der Waals surface area contributed by atoms with Crippen molar-refractivity contribution < 1.29 is 85.0 Å². The summed E-state index contributed by atoms with van der Waals surface area (Å²) in [4.78, 5) is 75.7. The minimum Gasteiger partial charge on any atom is -0.545 e. The number of rotatable bonds is 8. The van der Waals surface area contributed by atoms with Crippen LogP contribution in [0.3, 0.4) is 0 Å². The molecule has 0 fully saturated rings. The summed E-state index contributed by atoms with van der Waals surface area (Å²) in [5.74, 6) is -6.07. The number of hydrogen-bond acceptors (Lipinski definition) is 12. The molecule has 0 spiro atoms. The Morgan fingerprint density at radius 1 is 0.448 bits per heavy atom. The molecule has 0 N–H and O–H groups in total. The van der Waals surface area contributed by atoms with Crippen molar-refractivity contribution in [1.29, 1.82) is 0 Å². The molecule has 0 amide bonds. The SMILES string of the molecule is C=C(C=O)C(=O)[O-].C=C(C=O)C(=O)[O-].C=C(C=O)C(=O)[O-].C=C(C=O)C(=O)[O-].[Zr+4]. The van der Waals surface area contributed by atoms with Gasteiger partial charge < -0.3 is 39.6 Å². The van der Waals surface area contributed by atoms with Crippen LogP contribution < -0.4 is 20.4 Å². The van der Waals surface area contributed by atoms with E-state index in [2.05, 4.69) is 26.3 Å². The molecule has 152 valence electrons. The molecule has 0 heterocycles. The molecule has 0 saturated heterocycles. The average molecular weight is 487 g/mol. The molecule has 0 aromatic heterocycles. The zero-order chi connectivity index (χ0) is 23.4. The molecule has 13 heteroatoms. The van der Waals surface area contributed by atoms with Crippen LogP contribution in [-0.4, -0.2) is 49.0 Å². The molecule has 0 rings (SSSR count). The van der Waals surface area contributed by atoms with Gasteiger partial charge in [0.2, 0.25) is 0 Å². The van der Waals surface area contributed by atoms with Gasteiger partial charge in [-0.1, -0.05) is 26.3 Å². The molecule has 0 atom stereocenters. The second kappa shape index (κ2) is 22.4. The molecule has 0 unspecified atom stereocenters. The molecule has 0 aliphatic carbocycles. The van der Waals surface area contributed by atoms with Gasteiger partial charge in [-0.3, -0.25) is 19.2 Å². The Kier molecular flexibility index (Phi) is 28.1. The number of carboxylic acid groups (broad SMARTS) is 4. The van der Waals surface area contributed by atoms with Crippen molar-refractivity contribution >= 4 is 49.0 Å². The van der Waals surface area contributed by atoms with Crippen LogP contribution in [0, 0.1) is 0 Å². The van der Waals surface area contributed by atoms with Crippen LogP contribution in [0.2, 0.25) is 0 Å². The van der Waals surface area contributed by atoms with Crippen molar-refractivity contribution in [2.45, 2.75) is 0 Å². The molecular formula is C16H12O12Zr. The molecule has 29 heavy (non-hydrogen) atoms. The van der Waals surface area contributed by atoms with Gasteiger partial charge in [-0.05, 0) is 0 Å². The minimum atomic E-state index is -1.52. The molecule has 0 aliphatic heterocycles. The fraction of sp³-hybridized carbons (Fsp3) is 0. The molecule has 0 aliphatic rings. The fourth-order valence-electron chi connectivity index (χ4n) is 0.192. The van der Waals surface area contributed by atoms with Crippen molar-refractivity contribution in [3.8, 4) is 0 Å². The molecule has 0 aromatic rings. The second-order valence-corrected chi connectivity index (χ2v) is 3.72. The molecular weight excluding hydrogens is 475 g/mol. The standard InChI is InChI=1S/4C4H4O3.Zr/c4*1-3(2-5)4(6)7;/h4*2H,1H2,(H,6,7);/q;;;;+4/p-4. The number of carboxylic acids is 4. The summed E-state index contributed by atoms with van der Waals surface area (Å²) in [6, 6.07) is 0. The Bertz CT molecular complexity index is 583.